The Morgan fingerprint density at radius 3 is 2.61 bits per heavy atom. The van der Waals surface area contributed by atoms with Crippen LogP contribution in [0.4, 0.5) is 0 Å². The number of nitrogens with zero attached hydrogens (tertiary/aromatic N) is 1. The van der Waals surface area contributed by atoms with E-state index in [0.29, 0.717) is 0 Å². The van der Waals surface area contributed by atoms with Gasteiger partial charge in [-0.1, -0.05) is 18.2 Å². The maximum absolute atomic E-state index is 5.81. The fraction of sp³-hybridized carbons (Fsp3) is 0.0714. The van der Waals surface area contributed by atoms with Crippen molar-refractivity contribution >= 4 is 11.0 Å². The first kappa shape index (κ1) is 11.0. The van der Waals surface area contributed by atoms with Gasteiger partial charge in [0.1, 0.15) is 17.4 Å². The lowest BCUT2D eigenvalue weighted by atomic mass is 10.1. The Hall–Kier alpha value is -2.17. The fourth-order valence-corrected chi connectivity index (χ4v) is 2.04. The van der Waals surface area contributed by atoms with Crippen molar-refractivity contribution in [2.45, 2.75) is 6.04 Å². The van der Waals surface area contributed by atoms with Crippen molar-refractivity contribution < 1.29 is 4.42 Å². The number of hydrogen-bond donors (Lipinski definition) is 2. The molecule has 4 nitrogen and oxygen atoms in total. The van der Waals surface area contributed by atoms with Crippen molar-refractivity contribution in [2.75, 3.05) is 0 Å². The Kier molecular flexibility index (Phi) is 2.80. The average Bonchev–Trinajstić information content (AvgIpc) is 2.84. The van der Waals surface area contributed by atoms with Crippen LogP contribution >= 0.6 is 0 Å². The molecule has 2 aromatic heterocycles. The topological polar surface area (TPSA) is 64.1 Å². The number of nitrogens with one attached hydrogen (secondary N) is 1. The van der Waals surface area contributed by atoms with Gasteiger partial charge < -0.3 is 4.42 Å². The third-order valence-corrected chi connectivity index (χ3v) is 2.94. The number of fused-ring (bicyclic) bond motifs is 1. The molecular formula is C14H13N3O. The largest absolute Gasteiger partial charge is 0.459 e. The number of rotatable bonds is 3. The molecule has 3 rings (SSSR count). The van der Waals surface area contributed by atoms with Crippen LogP contribution in [0.3, 0.4) is 0 Å². The van der Waals surface area contributed by atoms with E-state index in [2.05, 4.69) is 10.4 Å². The lowest BCUT2D eigenvalue weighted by Crippen LogP contribution is -2.28. The van der Waals surface area contributed by atoms with E-state index in [9.17, 15) is 0 Å². The van der Waals surface area contributed by atoms with E-state index >= 15 is 0 Å². The molecule has 0 fully saturated rings. The summed E-state index contributed by atoms with van der Waals surface area (Å²) in [7, 11) is 0. The van der Waals surface area contributed by atoms with Crippen molar-refractivity contribution in [2.24, 2.45) is 5.84 Å². The van der Waals surface area contributed by atoms with Gasteiger partial charge in [0.2, 0.25) is 0 Å². The zero-order valence-corrected chi connectivity index (χ0v) is 9.71. The van der Waals surface area contributed by atoms with Gasteiger partial charge in [0, 0.05) is 17.8 Å². The van der Waals surface area contributed by atoms with Crippen molar-refractivity contribution in [3.63, 3.8) is 0 Å². The number of hydrogen-bond acceptors (Lipinski definition) is 4. The van der Waals surface area contributed by atoms with Gasteiger partial charge in [0.25, 0.3) is 0 Å². The Morgan fingerprint density at radius 2 is 1.89 bits per heavy atom. The number of hydrazine groups is 1. The minimum absolute atomic E-state index is 0.166. The Balaban J connectivity index is 2.06. The van der Waals surface area contributed by atoms with Crippen LogP contribution in [-0.4, -0.2) is 4.98 Å². The minimum atomic E-state index is -0.166. The van der Waals surface area contributed by atoms with E-state index in [-0.39, 0.29) is 6.04 Å². The third-order valence-electron chi connectivity index (χ3n) is 2.94. The third kappa shape index (κ3) is 1.88. The van der Waals surface area contributed by atoms with Crippen LogP contribution in [0.25, 0.3) is 11.0 Å². The van der Waals surface area contributed by atoms with Crippen LogP contribution in [0.15, 0.2) is 59.3 Å². The second-order valence-electron chi connectivity index (χ2n) is 4.07. The summed E-state index contributed by atoms with van der Waals surface area (Å²) in [6.45, 7) is 0. The second-order valence-corrected chi connectivity index (χ2v) is 4.07. The van der Waals surface area contributed by atoms with Gasteiger partial charge in [-0.15, -0.1) is 0 Å². The van der Waals surface area contributed by atoms with Gasteiger partial charge in [0.05, 0.1) is 0 Å². The van der Waals surface area contributed by atoms with E-state index in [1.807, 2.05) is 42.5 Å². The fourth-order valence-electron chi connectivity index (χ4n) is 2.04. The molecule has 0 radical (unpaired) electrons. The van der Waals surface area contributed by atoms with Crippen LogP contribution in [0.2, 0.25) is 0 Å². The lowest BCUT2D eigenvalue weighted by molar-refractivity contribution is 0.477. The average molecular weight is 239 g/mol. The molecule has 90 valence electrons. The summed E-state index contributed by atoms with van der Waals surface area (Å²) in [6, 6.07) is 13.6. The molecule has 0 bridgehead atoms. The highest BCUT2D eigenvalue weighted by Gasteiger charge is 2.16. The van der Waals surface area contributed by atoms with E-state index in [0.717, 1.165) is 22.3 Å². The minimum Gasteiger partial charge on any atom is -0.459 e. The SMILES string of the molecule is NNC(c1ccncc1)c1cc2ccccc2o1. The molecule has 0 spiro atoms. The van der Waals surface area contributed by atoms with Crippen molar-refractivity contribution in [3.05, 3.63) is 66.2 Å². The number of pyridine rings is 1. The van der Waals surface area contributed by atoms with Crippen LogP contribution in [0.1, 0.15) is 17.4 Å². The number of aromatic nitrogens is 1. The smallest absolute Gasteiger partial charge is 0.134 e. The number of nitrogens with two attached hydrogens (primary N) is 1. The molecular weight excluding hydrogens is 226 g/mol. The zero-order chi connectivity index (χ0) is 12.4. The molecule has 0 aliphatic carbocycles. The Morgan fingerprint density at radius 1 is 1.11 bits per heavy atom. The molecule has 0 aliphatic rings. The maximum atomic E-state index is 5.81. The Labute approximate surface area is 104 Å². The van der Waals surface area contributed by atoms with Gasteiger partial charge in [-0.3, -0.25) is 10.8 Å². The monoisotopic (exact) mass is 239 g/mol. The first-order valence-corrected chi connectivity index (χ1v) is 5.73. The molecule has 1 unspecified atom stereocenters. The highest BCUT2D eigenvalue weighted by atomic mass is 16.3. The molecule has 0 amide bonds. The second kappa shape index (κ2) is 4.60. The predicted octanol–water partition coefficient (Wildman–Crippen LogP) is 2.38. The van der Waals surface area contributed by atoms with Crippen molar-refractivity contribution in [1.82, 2.24) is 10.4 Å². The molecule has 18 heavy (non-hydrogen) atoms. The first-order valence-electron chi connectivity index (χ1n) is 5.73. The molecule has 0 saturated carbocycles. The summed E-state index contributed by atoms with van der Waals surface area (Å²) in [6.07, 6.45) is 3.48. The van der Waals surface area contributed by atoms with Crippen LogP contribution in [-0.2, 0) is 0 Å². The Bertz CT molecular complexity index is 615. The van der Waals surface area contributed by atoms with Crippen molar-refractivity contribution in [1.29, 1.82) is 0 Å². The standard InChI is InChI=1S/C14H13N3O/c15-17-14(10-5-7-16-8-6-10)13-9-11-3-1-2-4-12(11)18-13/h1-9,14,17H,15H2. The highest BCUT2D eigenvalue weighted by molar-refractivity contribution is 5.77. The van der Waals surface area contributed by atoms with Gasteiger partial charge in [0.15, 0.2) is 0 Å². The van der Waals surface area contributed by atoms with E-state index in [4.69, 9.17) is 10.3 Å². The number of para-hydroxylation sites is 1. The lowest BCUT2D eigenvalue weighted by Gasteiger charge is -2.12. The molecule has 2 heterocycles. The number of furan rings is 1. The summed E-state index contributed by atoms with van der Waals surface area (Å²) < 4.78 is 5.81. The summed E-state index contributed by atoms with van der Waals surface area (Å²) >= 11 is 0. The van der Waals surface area contributed by atoms with Crippen molar-refractivity contribution in [3.8, 4) is 0 Å². The van der Waals surface area contributed by atoms with E-state index in [1.54, 1.807) is 12.4 Å². The molecule has 0 saturated heterocycles. The normalized spacial score (nSPS) is 12.7. The molecule has 0 aliphatic heterocycles. The van der Waals surface area contributed by atoms with Gasteiger partial charge in [-0.2, -0.15) is 0 Å². The molecule has 4 heteroatoms. The van der Waals surface area contributed by atoms with E-state index < -0.39 is 0 Å². The first-order chi connectivity index (χ1) is 8.88. The van der Waals surface area contributed by atoms with Gasteiger partial charge >= 0.3 is 0 Å². The number of benzene rings is 1. The van der Waals surface area contributed by atoms with Crippen LogP contribution < -0.4 is 11.3 Å². The zero-order valence-electron chi connectivity index (χ0n) is 9.71. The summed E-state index contributed by atoms with van der Waals surface area (Å²) in [5, 5.41) is 1.07. The molecule has 3 aromatic rings. The molecule has 1 atom stereocenters. The van der Waals surface area contributed by atoms with Crippen LogP contribution in [0.5, 0.6) is 0 Å². The molecule has 1 aromatic carbocycles. The van der Waals surface area contributed by atoms with Gasteiger partial charge in [-0.05, 0) is 29.8 Å². The highest BCUT2D eigenvalue weighted by Crippen LogP contribution is 2.27. The quantitative estimate of drug-likeness (QED) is 0.544. The summed E-state index contributed by atoms with van der Waals surface area (Å²) in [4.78, 5) is 4.00. The summed E-state index contributed by atoms with van der Waals surface area (Å²) in [5.74, 6) is 6.42. The molecule has 3 N–H and O–H groups in total. The summed E-state index contributed by atoms with van der Waals surface area (Å²) in [5.41, 5.74) is 4.66. The maximum Gasteiger partial charge on any atom is 0.134 e. The van der Waals surface area contributed by atoms with E-state index in [1.165, 1.54) is 0 Å². The predicted molar refractivity (Wildman–Crippen MR) is 69.6 cm³/mol. The van der Waals surface area contributed by atoms with Crippen LogP contribution in [0, 0.1) is 0 Å². The van der Waals surface area contributed by atoms with Gasteiger partial charge in [-0.25, -0.2) is 5.43 Å².